The number of amides is 3. The Hall–Kier alpha value is -1.59. The normalized spacial score (nSPS) is 30.7. The predicted molar refractivity (Wildman–Crippen MR) is 159 cm³/mol. The number of nitrogens with one attached hydrogen (secondary N) is 3. The van der Waals surface area contributed by atoms with Crippen molar-refractivity contribution in [3.63, 3.8) is 0 Å². The van der Waals surface area contributed by atoms with Gasteiger partial charge in [0.1, 0.15) is 0 Å². The zero-order valence-corrected chi connectivity index (χ0v) is 25.9. The summed E-state index contributed by atoms with van der Waals surface area (Å²) in [5.41, 5.74) is 0. The molecule has 6 heteroatoms. The van der Waals surface area contributed by atoms with Crippen LogP contribution >= 0.6 is 0 Å². The molecule has 39 heavy (non-hydrogen) atoms. The van der Waals surface area contributed by atoms with E-state index in [-0.39, 0.29) is 48.7 Å². The van der Waals surface area contributed by atoms with Crippen molar-refractivity contribution in [2.75, 3.05) is 0 Å². The highest BCUT2D eigenvalue weighted by Crippen LogP contribution is 2.32. The maximum atomic E-state index is 13.6. The Balaban J connectivity index is 1.61. The molecule has 0 aromatic carbocycles. The third kappa shape index (κ3) is 10.4. The predicted octanol–water partition coefficient (Wildman–Crippen LogP) is 6.38. The summed E-state index contributed by atoms with van der Waals surface area (Å²) in [6.07, 6.45) is 13.2. The molecule has 0 radical (unpaired) electrons. The summed E-state index contributed by atoms with van der Waals surface area (Å²) < 4.78 is 0. The molecule has 0 aliphatic heterocycles. The van der Waals surface area contributed by atoms with Gasteiger partial charge in [-0.15, -0.1) is 0 Å². The first-order valence-corrected chi connectivity index (χ1v) is 16.4. The van der Waals surface area contributed by atoms with E-state index in [0.717, 1.165) is 57.8 Å². The lowest BCUT2D eigenvalue weighted by Gasteiger charge is -2.34. The molecule has 0 aromatic rings. The number of carbonyl (C=O) groups excluding carboxylic acids is 3. The summed E-state index contributed by atoms with van der Waals surface area (Å²) >= 11 is 0. The van der Waals surface area contributed by atoms with Crippen LogP contribution < -0.4 is 16.0 Å². The molecule has 6 unspecified atom stereocenters. The van der Waals surface area contributed by atoms with Crippen LogP contribution in [0.4, 0.5) is 0 Å². The largest absolute Gasteiger partial charge is 0.353 e. The van der Waals surface area contributed by atoms with Crippen molar-refractivity contribution in [2.45, 2.75) is 150 Å². The van der Waals surface area contributed by atoms with Crippen molar-refractivity contribution in [3.05, 3.63) is 0 Å². The lowest BCUT2D eigenvalue weighted by Crippen LogP contribution is -2.46. The molecule has 3 rings (SSSR count). The van der Waals surface area contributed by atoms with Crippen LogP contribution in [0.1, 0.15) is 131 Å². The lowest BCUT2D eigenvalue weighted by atomic mass is 9.79. The minimum Gasteiger partial charge on any atom is -0.353 e. The molecule has 3 aliphatic rings. The van der Waals surface area contributed by atoms with Crippen LogP contribution in [0.25, 0.3) is 0 Å². The van der Waals surface area contributed by atoms with Gasteiger partial charge >= 0.3 is 0 Å². The molecule has 0 heterocycles. The summed E-state index contributed by atoms with van der Waals surface area (Å²) in [5.74, 6) is 2.82. The Morgan fingerprint density at radius 3 is 1.21 bits per heavy atom. The molecule has 0 bridgehead atoms. The highest BCUT2D eigenvalue weighted by atomic mass is 16.2. The third-order valence-corrected chi connectivity index (χ3v) is 10.3. The average molecular weight is 546 g/mol. The quantitative estimate of drug-likeness (QED) is 0.282. The molecule has 3 fully saturated rings. The molecular weight excluding hydrogens is 486 g/mol. The van der Waals surface area contributed by atoms with Gasteiger partial charge in [0.15, 0.2) is 0 Å². The zero-order valence-electron chi connectivity index (χ0n) is 25.9. The number of carbonyl (C=O) groups is 3. The van der Waals surface area contributed by atoms with Gasteiger partial charge in [0, 0.05) is 31.0 Å². The van der Waals surface area contributed by atoms with Gasteiger partial charge in [-0.25, -0.2) is 0 Å². The van der Waals surface area contributed by atoms with Gasteiger partial charge in [-0.05, 0) is 74.0 Å². The smallest absolute Gasteiger partial charge is 0.224 e. The molecule has 0 aromatic heterocycles. The summed E-state index contributed by atoms with van der Waals surface area (Å²) in [6, 6.07) is 0.496. The number of hydrogen-bond acceptors (Lipinski definition) is 3. The molecule has 224 valence electrons. The Morgan fingerprint density at radius 1 is 0.538 bits per heavy atom. The van der Waals surface area contributed by atoms with E-state index in [4.69, 9.17) is 0 Å². The van der Waals surface area contributed by atoms with Crippen molar-refractivity contribution < 1.29 is 14.4 Å². The maximum Gasteiger partial charge on any atom is 0.224 e. The molecule has 6 atom stereocenters. The van der Waals surface area contributed by atoms with Crippen LogP contribution in [-0.2, 0) is 14.4 Å². The van der Waals surface area contributed by atoms with Gasteiger partial charge in [0.05, 0.1) is 5.92 Å². The highest BCUT2D eigenvalue weighted by molar-refractivity contribution is 5.90. The standard InChI is InChI=1S/C33H59N3O3/c1-21(2)24-10-7-13-28(16-24)34-31(37)19-27(33(39)36-30-15-9-12-26(18-30)23(5)6)20-32(38)35-29-14-8-11-25(17-29)22(3)4/h21-30H,7-20H2,1-6H3,(H,34,37)(H,35,38)(H,36,39). The Bertz CT molecular complexity index is 751. The number of rotatable bonds is 11. The summed E-state index contributed by atoms with van der Waals surface area (Å²) in [6.45, 7) is 13.6. The fourth-order valence-electron chi connectivity index (χ4n) is 7.49. The van der Waals surface area contributed by atoms with Crippen LogP contribution in [0.5, 0.6) is 0 Å². The van der Waals surface area contributed by atoms with Crippen LogP contribution in [0, 0.1) is 41.4 Å². The van der Waals surface area contributed by atoms with Crippen LogP contribution in [-0.4, -0.2) is 35.8 Å². The third-order valence-electron chi connectivity index (χ3n) is 10.3. The van der Waals surface area contributed by atoms with Crippen molar-refractivity contribution in [1.29, 1.82) is 0 Å². The van der Waals surface area contributed by atoms with Crippen molar-refractivity contribution >= 4 is 17.7 Å². The van der Waals surface area contributed by atoms with Gasteiger partial charge in [-0.3, -0.25) is 14.4 Å². The monoisotopic (exact) mass is 545 g/mol. The topological polar surface area (TPSA) is 87.3 Å². The fraction of sp³-hybridized carbons (Fsp3) is 0.909. The van der Waals surface area contributed by atoms with Crippen molar-refractivity contribution in [2.24, 2.45) is 41.4 Å². The molecule has 6 nitrogen and oxygen atoms in total. The SMILES string of the molecule is CC(C)C1CCCC(NC(=O)CC(CC(=O)NC2CCCC(C(C)C)C2)C(=O)NC2CCCC(C(C)C)C2)C1. The Morgan fingerprint density at radius 2 is 0.872 bits per heavy atom. The first kappa shape index (κ1) is 31.9. The van der Waals surface area contributed by atoms with Crippen LogP contribution in [0.3, 0.4) is 0 Å². The molecule has 0 saturated heterocycles. The van der Waals surface area contributed by atoms with Crippen LogP contribution in [0.15, 0.2) is 0 Å². The van der Waals surface area contributed by atoms with Crippen molar-refractivity contribution in [1.82, 2.24) is 16.0 Å². The zero-order chi connectivity index (χ0) is 28.5. The van der Waals surface area contributed by atoms with E-state index < -0.39 is 5.92 Å². The second-order valence-corrected chi connectivity index (χ2v) is 14.4. The Labute approximate surface area is 239 Å². The molecule has 0 spiro atoms. The van der Waals surface area contributed by atoms with E-state index in [1.54, 1.807) is 0 Å². The minimum atomic E-state index is -0.626. The van der Waals surface area contributed by atoms with Gasteiger partial charge in [-0.2, -0.15) is 0 Å². The minimum absolute atomic E-state index is 0.0846. The molecule has 3 aliphatic carbocycles. The lowest BCUT2D eigenvalue weighted by molar-refractivity contribution is -0.134. The molecule has 3 N–H and O–H groups in total. The summed E-state index contributed by atoms with van der Waals surface area (Å²) in [5, 5.41) is 9.74. The van der Waals surface area contributed by atoms with Gasteiger partial charge in [0.2, 0.25) is 17.7 Å². The number of hydrogen-bond donors (Lipinski definition) is 3. The Kier molecular flexibility index (Phi) is 12.6. The van der Waals surface area contributed by atoms with E-state index in [0.29, 0.717) is 35.5 Å². The van der Waals surface area contributed by atoms with Gasteiger partial charge in [0.25, 0.3) is 0 Å². The maximum absolute atomic E-state index is 13.6. The van der Waals surface area contributed by atoms with E-state index in [9.17, 15) is 14.4 Å². The van der Waals surface area contributed by atoms with Gasteiger partial charge in [-0.1, -0.05) is 80.1 Å². The second-order valence-electron chi connectivity index (χ2n) is 14.4. The fourth-order valence-corrected chi connectivity index (χ4v) is 7.49. The molecule has 3 amide bonds. The summed E-state index contributed by atoms with van der Waals surface area (Å²) in [7, 11) is 0. The average Bonchev–Trinajstić information content (AvgIpc) is 2.88. The first-order valence-electron chi connectivity index (χ1n) is 16.4. The van der Waals surface area contributed by atoms with E-state index in [1.165, 1.54) is 19.3 Å². The van der Waals surface area contributed by atoms with Crippen molar-refractivity contribution in [3.8, 4) is 0 Å². The first-order chi connectivity index (χ1) is 18.5. The van der Waals surface area contributed by atoms with E-state index in [1.807, 2.05) is 0 Å². The van der Waals surface area contributed by atoms with E-state index in [2.05, 4.69) is 57.5 Å². The second kappa shape index (κ2) is 15.4. The van der Waals surface area contributed by atoms with Crippen LogP contribution in [0.2, 0.25) is 0 Å². The van der Waals surface area contributed by atoms with Gasteiger partial charge < -0.3 is 16.0 Å². The van der Waals surface area contributed by atoms with E-state index >= 15 is 0 Å². The molecular formula is C33H59N3O3. The molecule has 3 saturated carbocycles. The summed E-state index contributed by atoms with van der Waals surface area (Å²) in [4.78, 5) is 40.0. The highest BCUT2D eigenvalue weighted by Gasteiger charge is 2.32.